The molecule has 0 aromatic heterocycles. The number of hydrogen-bond donors (Lipinski definition) is 1. The third-order valence-corrected chi connectivity index (χ3v) is 8.47. The van der Waals surface area contributed by atoms with Crippen LogP contribution in [0.2, 0.25) is 0 Å². The summed E-state index contributed by atoms with van der Waals surface area (Å²) in [7, 11) is 0. The third-order valence-electron chi connectivity index (χ3n) is 8.47. The van der Waals surface area contributed by atoms with Gasteiger partial charge in [-0.25, -0.2) is 0 Å². The predicted molar refractivity (Wildman–Crippen MR) is 173 cm³/mol. The second-order valence-electron chi connectivity index (χ2n) is 12.3. The molecule has 0 aliphatic carbocycles. The standard InChI is InChI=1S/C38H42O7/c1-26(28-6-14-33(15-7-28)42-22-36-24-44-36)27-4-12-32(13-5-27)40-20-31(39)21-41-34-16-8-29(9-17-34)38(2,3)30-10-18-35(19-11-30)43-23-37-25-45-37/h4-19,26,31,36-37,39H,20-25H2,1-3H3. The zero-order valence-corrected chi connectivity index (χ0v) is 26.2. The van der Waals surface area contributed by atoms with Gasteiger partial charge in [0.1, 0.15) is 67.7 Å². The third kappa shape index (κ3) is 8.57. The van der Waals surface area contributed by atoms with Crippen molar-refractivity contribution in [1.82, 2.24) is 0 Å². The second-order valence-corrected chi connectivity index (χ2v) is 12.3. The van der Waals surface area contributed by atoms with E-state index in [0.717, 1.165) is 24.7 Å². The van der Waals surface area contributed by atoms with E-state index in [9.17, 15) is 5.11 Å². The fraction of sp³-hybridized carbons (Fsp3) is 0.368. The molecule has 6 rings (SSSR count). The molecule has 2 heterocycles. The summed E-state index contributed by atoms with van der Waals surface area (Å²) in [5.74, 6) is 3.35. The molecule has 2 aliphatic heterocycles. The number of ether oxygens (including phenoxy) is 6. The Hall–Kier alpha value is -4.04. The van der Waals surface area contributed by atoms with E-state index in [1.807, 2.05) is 48.5 Å². The molecule has 7 nitrogen and oxygen atoms in total. The van der Waals surface area contributed by atoms with Crippen LogP contribution in [0, 0.1) is 0 Å². The average molecular weight is 611 g/mol. The summed E-state index contributed by atoms with van der Waals surface area (Å²) >= 11 is 0. The summed E-state index contributed by atoms with van der Waals surface area (Å²) in [6.07, 6.45) is -0.274. The Morgan fingerprint density at radius 1 is 0.600 bits per heavy atom. The van der Waals surface area contributed by atoms with Crippen molar-refractivity contribution in [2.45, 2.75) is 50.4 Å². The lowest BCUT2D eigenvalue weighted by atomic mass is 9.78. The largest absolute Gasteiger partial charge is 0.491 e. The highest BCUT2D eigenvalue weighted by molar-refractivity contribution is 5.42. The van der Waals surface area contributed by atoms with E-state index in [4.69, 9.17) is 28.4 Å². The van der Waals surface area contributed by atoms with E-state index in [2.05, 4.69) is 69.3 Å². The van der Waals surface area contributed by atoms with Gasteiger partial charge in [-0.3, -0.25) is 0 Å². The van der Waals surface area contributed by atoms with Gasteiger partial charge in [0, 0.05) is 11.3 Å². The molecule has 0 amide bonds. The van der Waals surface area contributed by atoms with Crippen molar-refractivity contribution in [3.8, 4) is 23.0 Å². The molecule has 2 fully saturated rings. The molecule has 4 aromatic rings. The molecule has 4 atom stereocenters. The van der Waals surface area contributed by atoms with Gasteiger partial charge in [-0.2, -0.15) is 0 Å². The molecule has 2 aliphatic rings. The number of rotatable bonds is 16. The molecule has 7 heteroatoms. The summed E-state index contributed by atoms with van der Waals surface area (Å²) in [6, 6.07) is 32.5. The lowest BCUT2D eigenvalue weighted by Gasteiger charge is -2.26. The second kappa shape index (κ2) is 13.9. The predicted octanol–water partition coefficient (Wildman–Crippen LogP) is 6.54. The van der Waals surface area contributed by atoms with Crippen LogP contribution < -0.4 is 18.9 Å². The van der Waals surface area contributed by atoms with Crippen molar-refractivity contribution in [2.75, 3.05) is 39.6 Å². The van der Waals surface area contributed by atoms with E-state index in [-0.39, 0.29) is 36.8 Å². The normalized spacial score (nSPS) is 18.5. The Morgan fingerprint density at radius 3 is 1.29 bits per heavy atom. The SMILES string of the molecule is CC(c1ccc(OCC(O)COc2ccc(C(C)(C)c3ccc(OCC4CO4)cc3)cc2)cc1)c1ccc(OCC2CO2)cc1. The number of aliphatic hydroxyl groups is 1. The quantitative estimate of drug-likeness (QED) is 0.144. The van der Waals surface area contributed by atoms with Crippen LogP contribution in [0.1, 0.15) is 48.9 Å². The molecule has 0 saturated carbocycles. The molecule has 1 N–H and O–H groups in total. The summed E-state index contributed by atoms with van der Waals surface area (Å²) in [5.41, 5.74) is 4.57. The van der Waals surface area contributed by atoms with E-state index in [0.29, 0.717) is 24.7 Å². The first-order valence-corrected chi connectivity index (χ1v) is 15.7. The minimum absolute atomic E-state index is 0.138. The summed E-state index contributed by atoms with van der Waals surface area (Å²) < 4.78 is 33.6. The number of hydrogen-bond acceptors (Lipinski definition) is 7. The molecule has 236 valence electrons. The van der Waals surface area contributed by atoms with Crippen LogP contribution in [0.4, 0.5) is 0 Å². The molecule has 4 aromatic carbocycles. The summed E-state index contributed by atoms with van der Waals surface area (Å²) in [6.45, 7) is 9.64. The molecule has 4 unspecified atom stereocenters. The Bertz CT molecular complexity index is 1490. The monoisotopic (exact) mass is 610 g/mol. The van der Waals surface area contributed by atoms with Crippen LogP contribution in [0.25, 0.3) is 0 Å². The lowest BCUT2D eigenvalue weighted by Crippen LogP contribution is -2.25. The maximum atomic E-state index is 10.5. The van der Waals surface area contributed by atoms with Crippen LogP contribution in [-0.4, -0.2) is 63.1 Å². The molecular weight excluding hydrogens is 568 g/mol. The number of epoxide rings is 2. The highest BCUT2D eigenvalue weighted by Crippen LogP contribution is 2.34. The van der Waals surface area contributed by atoms with E-state index in [1.54, 1.807) is 0 Å². The molecule has 0 bridgehead atoms. The Labute approximate surface area is 265 Å². The number of aliphatic hydroxyl groups excluding tert-OH is 1. The van der Waals surface area contributed by atoms with Crippen molar-refractivity contribution >= 4 is 0 Å². The topological polar surface area (TPSA) is 82.2 Å². The maximum Gasteiger partial charge on any atom is 0.122 e. The molecule has 0 spiro atoms. The van der Waals surface area contributed by atoms with Crippen LogP contribution in [0.3, 0.4) is 0 Å². The minimum Gasteiger partial charge on any atom is -0.491 e. The summed E-state index contributed by atoms with van der Waals surface area (Å²) in [5, 5.41) is 10.5. The van der Waals surface area contributed by atoms with Gasteiger partial charge in [0.15, 0.2) is 0 Å². The fourth-order valence-corrected chi connectivity index (χ4v) is 5.14. The van der Waals surface area contributed by atoms with Crippen molar-refractivity contribution in [3.05, 3.63) is 119 Å². The smallest absolute Gasteiger partial charge is 0.122 e. The molecule has 0 radical (unpaired) electrons. The molecule has 2 saturated heterocycles. The zero-order chi connectivity index (χ0) is 31.2. The number of benzene rings is 4. The Kier molecular flexibility index (Phi) is 9.59. The minimum atomic E-state index is -0.765. The lowest BCUT2D eigenvalue weighted by molar-refractivity contribution is 0.0626. The van der Waals surface area contributed by atoms with Gasteiger partial charge < -0.3 is 33.5 Å². The first kappa shape index (κ1) is 31.0. The van der Waals surface area contributed by atoms with Crippen LogP contribution >= 0.6 is 0 Å². The van der Waals surface area contributed by atoms with E-state index >= 15 is 0 Å². The van der Waals surface area contributed by atoms with Gasteiger partial charge in [0.05, 0.1) is 13.2 Å². The van der Waals surface area contributed by atoms with Gasteiger partial charge in [-0.05, 0) is 70.8 Å². The fourth-order valence-electron chi connectivity index (χ4n) is 5.14. The van der Waals surface area contributed by atoms with Crippen molar-refractivity contribution < 1.29 is 33.5 Å². The van der Waals surface area contributed by atoms with Crippen LogP contribution in [-0.2, 0) is 14.9 Å². The van der Waals surface area contributed by atoms with Crippen LogP contribution in [0.5, 0.6) is 23.0 Å². The molecular formula is C38H42O7. The van der Waals surface area contributed by atoms with Gasteiger partial charge in [0.25, 0.3) is 0 Å². The Morgan fingerprint density at radius 2 is 0.933 bits per heavy atom. The first-order chi connectivity index (χ1) is 21.8. The van der Waals surface area contributed by atoms with Crippen molar-refractivity contribution in [2.24, 2.45) is 0 Å². The highest BCUT2D eigenvalue weighted by atomic mass is 16.6. The maximum absolute atomic E-state index is 10.5. The van der Waals surface area contributed by atoms with Gasteiger partial charge >= 0.3 is 0 Å². The van der Waals surface area contributed by atoms with Crippen molar-refractivity contribution in [1.29, 1.82) is 0 Å². The Balaban J connectivity index is 0.935. The van der Waals surface area contributed by atoms with E-state index in [1.165, 1.54) is 22.3 Å². The van der Waals surface area contributed by atoms with Gasteiger partial charge in [0.2, 0.25) is 0 Å². The first-order valence-electron chi connectivity index (χ1n) is 15.7. The molecule has 45 heavy (non-hydrogen) atoms. The van der Waals surface area contributed by atoms with E-state index < -0.39 is 6.10 Å². The average Bonchev–Trinajstić information content (AvgIpc) is 4.01. The van der Waals surface area contributed by atoms with Crippen molar-refractivity contribution in [3.63, 3.8) is 0 Å². The van der Waals surface area contributed by atoms with Gasteiger partial charge in [-0.15, -0.1) is 0 Å². The zero-order valence-electron chi connectivity index (χ0n) is 26.2. The van der Waals surface area contributed by atoms with Gasteiger partial charge in [-0.1, -0.05) is 69.3 Å². The van der Waals surface area contributed by atoms with Crippen LogP contribution in [0.15, 0.2) is 97.1 Å². The highest BCUT2D eigenvalue weighted by Gasteiger charge is 2.25. The summed E-state index contributed by atoms with van der Waals surface area (Å²) in [4.78, 5) is 0.